The van der Waals surface area contributed by atoms with Gasteiger partial charge in [-0.2, -0.15) is 0 Å². The Morgan fingerprint density at radius 2 is 1.86 bits per heavy atom. The van der Waals surface area contributed by atoms with Crippen LogP contribution in [-0.2, 0) is 6.42 Å². The van der Waals surface area contributed by atoms with E-state index in [0.29, 0.717) is 16.8 Å². The molecule has 4 rings (SSSR count). The average Bonchev–Trinajstić information content (AvgIpc) is 3.20. The maximum absolute atomic E-state index is 6.50. The fraction of sp³-hybridized carbons (Fsp3) is 0.292. The van der Waals surface area contributed by atoms with E-state index in [4.69, 9.17) is 27.9 Å². The van der Waals surface area contributed by atoms with Crippen molar-refractivity contribution in [2.45, 2.75) is 31.8 Å². The van der Waals surface area contributed by atoms with Gasteiger partial charge in [0.1, 0.15) is 6.10 Å². The van der Waals surface area contributed by atoms with E-state index in [9.17, 15) is 0 Å². The summed E-state index contributed by atoms with van der Waals surface area (Å²) in [6, 6.07) is 20.4. The summed E-state index contributed by atoms with van der Waals surface area (Å²) in [5.41, 5.74) is 3.55. The van der Waals surface area contributed by atoms with Crippen LogP contribution in [0.4, 0.5) is 5.69 Å². The largest absolute Gasteiger partial charge is 0.474 e. The fourth-order valence-corrected chi connectivity index (χ4v) is 4.29. The zero-order valence-corrected chi connectivity index (χ0v) is 17.9. The highest BCUT2D eigenvalue weighted by Gasteiger charge is 2.26. The van der Waals surface area contributed by atoms with Gasteiger partial charge in [-0.15, -0.1) is 0 Å². The Balaban J connectivity index is 1.44. The maximum Gasteiger partial charge on any atom is 0.213 e. The Morgan fingerprint density at radius 1 is 1.10 bits per heavy atom. The Kier molecular flexibility index (Phi) is 6.27. The topological polar surface area (TPSA) is 25.4 Å². The van der Waals surface area contributed by atoms with E-state index in [0.717, 1.165) is 36.5 Å². The van der Waals surface area contributed by atoms with E-state index in [1.165, 1.54) is 11.3 Å². The fourth-order valence-electron chi connectivity index (χ4n) is 3.91. The summed E-state index contributed by atoms with van der Waals surface area (Å²) in [6.07, 6.45) is 3.64. The van der Waals surface area contributed by atoms with Gasteiger partial charge in [0, 0.05) is 48.4 Å². The predicted octanol–water partition coefficient (Wildman–Crippen LogP) is 6.39. The van der Waals surface area contributed by atoms with Gasteiger partial charge >= 0.3 is 0 Å². The van der Waals surface area contributed by atoms with Crippen LogP contribution in [0, 0.1) is 0 Å². The van der Waals surface area contributed by atoms with Gasteiger partial charge in [0.05, 0.1) is 5.02 Å². The van der Waals surface area contributed by atoms with Crippen LogP contribution < -0.4 is 9.64 Å². The van der Waals surface area contributed by atoms with Crippen molar-refractivity contribution in [3.05, 3.63) is 88.0 Å². The number of ether oxygens (including phenoxy) is 1. The average molecular weight is 427 g/mol. The molecule has 0 N–H and O–H groups in total. The molecule has 1 saturated heterocycles. The minimum absolute atomic E-state index is 0.0352. The summed E-state index contributed by atoms with van der Waals surface area (Å²) in [7, 11) is 0. The van der Waals surface area contributed by atoms with Crippen LogP contribution in [0.2, 0.25) is 10.0 Å². The molecule has 5 heteroatoms. The first-order valence-corrected chi connectivity index (χ1v) is 10.7. The van der Waals surface area contributed by atoms with Gasteiger partial charge in [-0.3, -0.25) is 0 Å². The van der Waals surface area contributed by atoms with Crippen molar-refractivity contribution in [1.29, 1.82) is 0 Å². The second-order valence-electron chi connectivity index (χ2n) is 7.57. The number of nitrogens with zero attached hydrogens (tertiary/aromatic N) is 2. The Hall–Kier alpha value is -2.23. The number of rotatable bonds is 6. The Morgan fingerprint density at radius 3 is 2.62 bits per heavy atom. The van der Waals surface area contributed by atoms with E-state index in [1.54, 1.807) is 6.20 Å². The summed E-state index contributed by atoms with van der Waals surface area (Å²) < 4.78 is 6.10. The lowest BCUT2D eigenvalue weighted by Crippen LogP contribution is -2.19. The molecule has 2 unspecified atom stereocenters. The second kappa shape index (κ2) is 9.06. The normalized spacial score (nSPS) is 17.3. The molecule has 0 aliphatic carbocycles. The molecule has 150 valence electrons. The van der Waals surface area contributed by atoms with Gasteiger partial charge in [-0.25, -0.2) is 4.98 Å². The van der Waals surface area contributed by atoms with Crippen LogP contribution in [-0.4, -0.2) is 24.2 Å². The molecule has 0 bridgehead atoms. The molecule has 0 radical (unpaired) electrons. The van der Waals surface area contributed by atoms with E-state index < -0.39 is 0 Å². The van der Waals surface area contributed by atoms with Crippen molar-refractivity contribution in [2.75, 3.05) is 18.0 Å². The molecule has 29 heavy (non-hydrogen) atoms. The van der Waals surface area contributed by atoms with Crippen molar-refractivity contribution < 1.29 is 4.74 Å². The van der Waals surface area contributed by atoms with Crippen molar-refractivity contribution >= 4 is 28.9 Å². The number of pyridine rings is 1. The van der Waals surface area contributed by atoms with Crippen molar-refractivity contribution in [3.63, 3.8) is 0 Å². The highest BCUT2D eigenvalue weighted by molar-refractivity contribution is 6.31. The number of hydrogen-bond acceptors (Lipinski definition) is 3. The van der Waals surface area contributed by atoms with Gasteiger partial charge < -0.3 is 9.64 Å². The van der Waals surface area contributed by atoms with Crippen LogP contribution in [0.5, 0.6) is 5.88 Å². The standard InChI is InChI=1S/C24H24Cl2N2O/c1-17(13-18-5-3-2-4-6-18)29-24-14-22(23(26)15-27-24)19-11-12-28(16-19)21-9-7-20(25)8-10-21/h2-10,14-15,17,19H,11-13,16H2,1H3. The molecule has 2 heterocycles. The summed E-state index contributed by atoms with van der Waals surface area (Å²) in [5, 5.41) is 1.46. The van der Waals surface area contributed by atoms with E-state index >= 15 is 0 Å². The summed E-state index contributed by atoms with van der Waals surface area (Å²) in [4.78, 5) is 6.77. The van der Waals surface area contributed by atoms with E-state index in [1.807, 2.05) is 36.4 Å². The Bertz CT molecular complexity index is 947. The number of aromatic nitrogens is 1. The smallest absolute Gasteiger partial charge is 0.213 e. The minimum Gasteiger partial charge on any atom is -0.474 e. The van der Waals surface area contributed by atoms with Crippen molar-refractivity contribution in [1.82, 2.24) is 4.98 Å². The molecule has 0 amide bonds. The van der Waals surface area contributed by atoms with Crippen molar-refractivity contribution in [2.24, 2.45) is 0 Å². The van der Waals surface area contributed by atoms with Gasteiger partial charge in [0.25, 0.3) is 0 Å². The van der Waals surface area contributed by atoms with Gasteiger partial charge in [0.2, 0.25) is 5.88 Å². The molecule has 1 aromatic heterocycles. The summed E-state index contributed by atoms with van der Waals surface area (Å²) >= 11 is 12.5. The van der Waals surface area contributed by atoms with Crippen LogP contribution >= 0.6 is 23.2 Å². The maximum atomic E-state index is 6.50. The van der Waals surface area contributed by atoms with Crippen LogP contribution in [0.15, 0.2) is 66.9 Å². The summed E-state index contributed by atoms with van der Waals surface area (Å²) in [6.45, 7) is 3.98. The summed E-state index contributed by atoms with van der Waals surface area (Å²) in [5.74, 6) is 0.991. The highest BCUT2D eigenvalue weighted by Crippen LogP contribution is 2.35. The van der Waals surface area contributed by atoms with Gasteiger partial charge in [0.15, 0.2) is 0 Å². The number of benzene rings is 2. The molecule has 3 aromatic rings. The number of halogens is 2. The zero-order valence-electron chi connectivity index (χ0n) is 16.4. The van der Waals surface area contributed by atoms with Crippen molar-refractivity contribution in [3.8, 4) is 5.88 Å². The lowest BCUT2D eigenvalue weighted by atomic mass is 9.99. The molecule has 2 atom stereocenters. The third-order valence-electron chi connectivity index (χ3n) is 5.37. The Labute approximate surface area is 182 Å². The molecule has 3 nitrogen and oxygen atoms in total. The van der Waals surface area contributed by atoms with E-state index in [2.05, 4.69) is 41.1 Å². The van der Waals surface area contributed by atoms with Gasteiger partial charge in [-0.1, -0.05) is 53.5 Å². The molecular formula is C24H24Cl2N2O. The molecule has 2 aromatic carbocycles. The lowest BCUT2D eigenvalue weighted by molar-refractivity contribution is 0.213. The monoisotopic (exact) mass is 426 g/mol. The number of hydrogen-bond donors (Lipinski definition) is 0. The third-order valence-corrected chi connectivity index (χ3v) is 5.94. The molecule has 0 saturated carbocycles. The SMILES string of the molecule is CC(Cc1ccccc1)Oc1cc(C2CCN(c3ccc(Cl)cc3)C2)c(Cl)cn1. The quantitative estimate of drug-likeness (QED) is 0.456. The zero-order chi connectivity index (χ0) is 20.2. The minimum atomic E-state index is 0.0352. The second-order valence-corrected chi connectivity index (χ2v) is 8.41. The van der Waals surface area contributed by atoms with Crippen LogP contribution in [0.25, 0.3) is 0 Å². The third kappa shape index (κ3) is 5.04. The first-order chi connectivity index (χ1) is 14.1. The van der Waals surface area contributed by atoms with E-state index in [-0.39, 0.29) is 6.10 Å². The predicted molar refractivity (Wildman–Crippen MR) is 121 cm³/mol. The van der Waals surface area contributed by atoms with Gasteiger partial charge in [-0.05, 0) is 48.7 Å². The molecule has 1 fully saturated rings. The first kappa shape index (κ1) is 20.1. The number of anilines is 1. The molecule has 1 aliphatic rings. The van der Waals surface area contributed by atoms with Crippen LogP contribution in [0.3, 0.4) is 0 Å². The molecular weight excluding hydrogens is 403 g/mol. The molecule has 1 aliphatic heterocycles. The highest BCUT2D eigenvalue weighted by atomic mass is 35.5. The van der Waals surface area contributed by atoms with Crippen LogP contribution in [0.1, 0.15) is 30.4 Å². The first-order valence-electron chi connectivity index (χ1n) is 9.95. The lowest BCUT2D eigenvalue weighted by Gasteiger charge is -2.20. The molecule has 0 spiro atoms.